The van der Waals surface area contributed by atoms with Gasteiger partial charge in [0.25, 0.3) is 5.78 Å². The predicted octanol–water partition coefficient (Wildman–Crippen LogP) is 1.65. The standard InChI is InChI=1S/C5H2Br2N4/c6-3-1-8-5-9-4(7)10-11(5)2-3/h1-2H. The Bertz CT molecular complexity index is 396. The van der Waals surface area contributed by atoms with Gasteiger partial charge in [-0.25, -0.2) is 9.50 Å². The van der Waals surface area contributed by atoms with Gasteiger partial charge in [0.2, 0.25) is 4.73 Å². The van der Waals surface area contributed by atoms with Crippen molar-refractivity contribution in [3.8, 4) is 0 Å². The molecule has 2 rings (SSSR count). The van der Waals surface area contributed by atoms with Crippen molar-refractivity contribution in [2.24, 2.45) is 0 Å². The summed E-state index contributed by atoms with van der Waals surface area (Å²) in [6, 6.07) is 0. The summed E-state index contributed by atoms with van der Waals surface area (Å²) in [5, 5.41) is 4.00. The second-order valence-corrected chi connectivity index (χ2v) is 3.52. The second-order valence-electron chi connectivity index (χ2n) is 1.90. The van der Waals surface area contributed by atoms with E-state index in [4.69, 9.17) is 0 Å². The van der Waals surface area contributed by atoms with Crippen LogP contribution in [0.2, 0.25) is 0 Å². The van der Waals surface area contributed by atoms with Gasteiger partial charge >= 0.3 is 0 Å². The van der Waals surface area contributed by atoms with Gasteiger partial charge in [-0.05, 0) is 31.9 Å². The highest BCUT2D eigenvalue weighted by Crippen LogP contribution is 2.09. The van der Waals surface area contributed by atoms with Crippen LogP contribution in [0.5, 0.6) is 0 Å². The van der Waals surface area contributed by atoms with Crippen molar-refractivity contribution in [2.75, 3.05) is 0 Å². The van der Waals surface area contributed by atoms with Crippen LogP contribution in [-0.4, -0.2) is 19.6 Å². The molecule has 0 aliphatic carbocycles. The van der Waals surface area contributed by atoms with Crippen LogP contribution in [0.3, 0.4) is 0 Å². The van der Waals surface area contributed by atoms with Crippen LogP contribution in [0.25, 0.3) is 5.78 Å². The van der Waals surface area contributed by atoms with Crippen molar-refractivity contribution in [1.29, 1.82) is 0 Å². The van der Waals surface area contributed by atoms with Crippen molar-refractivity contribution in [3.05, 3.63) is 21.6 Å². The molecule has 0 aliphatic heterocycles. The summed E-state index contributed by atoms with van der Waals surface area (Å²) in [6.45, 7) is 0. The van der Waals surface area contributed by atoms with Gasteiger partial charge in [0.15, 0.2) is 0 Å². The van der Waals surface area contributed by atoms with Crippen LogP contribution in [0.15, 0.2) is 21.6 Å². The van der Waals surface area contributed by atoms with E-state index in [-0.39, 0.29) is 0 Å². The topological polar surface area (TPSA) is 43.1 Å². The maximum absolute atomic E-state index is 4.01. The maximum atomic E-state index is 4.01. The lowest BCUT2D eigenvalue weighted by atomic mass is 10.7. The average molecular weight is 278 g/mol. The van der Waals surface area contributed by atoms with E-state index in [0.29, 0.717) is 10.5 Å². The summed E-state index contributed by atoms with van der Waals surface area (Å²) >= 11 is 6.43. The molecule has 56 valence electrons. The molecule has 0 amide bonds. The van der Waals surface area contributed by atoms with Gasteiger partial charge in [-0.3, -0.25) is 0 Å². The first-order chi connectivity index (χ1) is 5.25. The maximum Gasteiger partial charge on any atom is 0.253 e. The molecule has 0 aliphatic rings. The molecule has 2 heterocycles. The molecule has 0 atom stereocenters. The zero-order valence-corrected chi connectivity index (χ0v) is 8.37. The summed E-state index contributed by atoms with van der Waals surface area (Å²) in [4.78, 5) is 8.00. The van der Waals surface area contributed by atoms with E-state index in [1.165, 1.54) is 0 Å². The number of rotatable bonds is 0. The average Bonchev–Trinajstić information content (AvgIpc) is 2.27. The summed E-state index contributed by atoms with van der Waals surface area (Å²) in [5.74, 6) is 0.583. The number of halogens is 2. The zero-order chi connectivity index (χ0) is 7.84. The molecule has 0 aromatic carbocycles. The highest BCUT2D eigenvalue weighted by atomic mass is 79.9. The fourth-order valence-corrected chi connectivity index (χ4v) is 1.36. The first kappa shape index (κ1) is 7.17. The molecule has 0 unspecified atom stereocenters. The first-order valence-corrected chi connectivity index (χ1v) is 4.38. The minimum atomic E-state index is 0.545. The SMILES string of the molecule is Brc1cnc2nc(Br)nn2c1. The third-order valence-electron chi connectivity index (χ3n) is 1.14. The highest BCUT2D eigenvalue weighted by Gasteiger charge is 2.00. The van der Waals surface area contributed by atoms with E-state index in [9.17, 15) is 0 Å². The van der Waals surface area contributed by atoms with Crippen LogP contribution in [-0.2, 0) is 0 Å². The number of fused-ring (bicyclic) bond motifs is 1. The Morgan fingerprint density at radius 3 is 3.00 bits per heavy atom. The van der Waals surface area contributed by atoms with E-state index in [1.807, 2.05) is 0 Å². The van der Waals surface area contributed by atoms with Gasteiger partial charge < -0.3 is 0 Å². The summed E-state index contributed by atoms with van der Waals surface area (Å²) in [7, 11) is 0. The Hall–Kier alpha value is -0.490. The molecule has 6 heteroatoms. The molecule has 4 nitrogen and oxygen atoms in total. The Morgan fingerprint density at radius 1 is 1.36 bits per heavy atom. The number of hydrogen-bond donors (Lipinski definition) is 0. The van der Waals surface area contributed by atoms with Crippen LogP contribution < -0.4 is 0 Å². The molecule has 0 saturated carbocycles. The van der Waals surface area contributed by atoms with Crippen LogP contribution in [0.4, 0.5) is 0 Å². The fourth-order valence-electron chi connectivity index (χ4n) is 0.734. The van der Waals surface area contributed by atoms with Gasteiger partial charge in [0.05, 0.1) is 4.47 Å². The number of aromatic nitrogens is 4. The van der Waals surface area contributed by atoms with Crippen molar-refractivity contribution in [3.63, 3.8) is 0 Å². The van der Waals surface area contributed by atoms with Gasteiger partial charge in [0.1, 0.15) is 0 Å². The van der Waals surface area contributed by atoms with Gasteiger partial charge in [-0.15, -0.1) is 5.10 Å². The zero-order valence-electron chi connectivity index (χ0n) is 5.20. The third kappa shape index (κ3) is 1.28. The molecule has 0 N–H and O–H groups in total. The summed E-state index contributed by atoms with van der Waals surface area (Å²) in [5.41, 5.74) is 0. The predicted molar refractivity (Wildman–Crippen MR) is 46.2 cm³/mol. The van der Waals surface area contributed by atoms with Crippen molar-refractivity contribution in [1.82, 2.24) is 19.6 Å². The minimum Gasteiger partial charge on any atom is -0.218 e. The molecule has 2 aromatic heterocycles. The Kier molecular flexibility index (Phi) is 1.65. The van der Waals surface area contributed by atoms with E-state index < -0.39 is 0 Å². The van der Waals surface area contributed by atoms with E-state index in [1.54, 1.807) is 16.9 Å². The van der Waals surface area contributed by atoms with Crippen LogP contribution in [0, 0.1) is 0 Å². The molecule has 0 fully saturated rings. The molecule has 0 saturated heterocycles. The van der Waals surface area contributed by atoms with Crippen molar-refractivity contribution in [2.45, 2.75) is 0 Å². The van der Waals surface area contributed by atoms with E-state index >= 15 is 0 Å². The smallest absolute Gasteiger partial charge is 0.218 e. The number of hydrogen-bond acceptors (Lipinski definition) is 3. The van der Waals surface area contributed by atoms with Gasteiger partial charge in [-0.1, -0.05) is 0 Å². The van der Waals surface area contributed by atoms with Gasteiger partial charge in [-0.2, -0.15) is 4.98 Å². The Morgan fingerprint density at radius 2 is 2.18 bits per heavy atom. The number of nitrogens with zero attached hydrogens (tertiary/aromatic N) is 4. The first-order valence-electron chi connectivity index (χ1n) is 2.79. The molecule has 2 aromatic rings. The normalized spacial score (nSPS) is 10.7. The lowest BCUT2D eigenvalue weighted by Gasteiger charge is -1.88. The highest BCUT2D eigenvalue weighted by molar-refractivity contribution is 9.10. The molecular formula is C5H2Br2N4. The van der Waals surface area contributed by atoms with Crippen LogP contribution >= 0.6 is 31.9 Å². The Labute approximate surface area is 78.9 Å². The van der Waals surface area contributed by atoms with E-state index in [2.05, 4.69) is 46.9 Å². The molecule has 0 spiro atoms. The molecular weight excluding hydrogens is 276 g/mol. The quantitative estimate of drug-likeness (QED) is 0.735. The fraction of sp³-hybridized carbons (Fsp3) is 0. The third-order valence-corrected chi connectivity index (χ3v) is 1.88. The Balaban J connectivity index is 2.82. The van der Waals surface area contributed by atoms with Crippen LogP contribution in [0.1, 0.15) is 0 Å². The molecule has 0 radical (unpaired) electrons. The monoisotopic (exact) mass is 276 g/mol. The lowest BCUT2D eigenvalue weighted by Crippen LogP contribution is -1.88. The minimum absolute atomic E-state index is 0.545. The lowest BCUT2D eigenvalue weighted by molar-refractivity contribution is 0.922. The second kappa shape index (κ2) is 2.53. The molecule has 0 bridgehead atoms. The van der Waals surface area contributed by atoms with Gasteiger partial charge in [0, 0.05) is 12.4 Å². The largest absolute Gasteiger partial charge is 0.253 e. The van der Waals surface area contributed by atoms with Crippen molar-refractivity contribution >= 4 is 37.6 Å². The summed E-state index contributed by atoms with van der Waals surface area (Å²) < 4.78 is 3.01. The van der Waals surface area contributed by atoms with E-state index in [0.717, 1.165) is 4.47 Å². The summed E-state index contributed by atoms with van der Waals surface area (Å²) in [6.07, 6.45) is 3.47. The van der Waals surface area contributed by atoms with Crippen molar-refractivity contribution < 1.29 is 0 Å². The molecule has 11 heavy (non-hydrogen) atoms.